The van der Waals surface area contributed by atoms with Crippen molar-refractivity contribution < 1.29 is 14.0 Å². The van der Waals surface area contributed by atoms with Gasteiger partial charge >= 0.3 is 0 Å². The van der Waals surface area contributed by atoms with E-state index < -0.39 is 5.54 Å². The van der Waals surface area contributed by atoms with Crippen LogP contribution in [0.5, 0.6) is 0 Å². The Bertz CT molecular complexity index is 1030. The van der Waals surface area contributed by atoms with Gasteiger partial charge < -0.3 is 18.8 Å². The van der Waals surface area contributed by atoms with Crippen LogP contribution in [0.3, 0.4) is 0 Å². The first-order valence-corrected chi connectivity index (χ1v) is 9.75. The first kappa shape index (κ1) is 17.1. The van der Waals surface area contributed by atoms with Crippen molar-refractivity contribution in [3.63, 3.8) is 0 Å². The molecular weight excluding hydrogens is 380 g/mol. The first-order valence-electron chi connectivity index (χ1n) is 9.02. The number of carbonyl (C=O) groups is 2. The molecule has 0 bridgehead atoms. The molecule has 5 rings (SSSR count). The van der Waals surface area contributed by atoms with Crippen LogP contribution in [-0.2, 0) is 19.0 Å². The van der Waals surface area contributed by atoms with Crippen molar-refractivity contribution in [2.75, 3.05) is 19.6 Å². The number of furan rings is 1. The summed E-state index contributed by atoms with van der Waals surface area (Å²) < 4.78 is 15.2. The smallest absolute Gasteiger partial charge is 0.276 e. The van der Waals surface area contributed by atoms with E-state index in [2.05, 4.69) is 13.7 Å². The molecule has 144 valence electrons. The van der Waals surface area contributed by atoms with E-state index in [-0.39, 0.29) is 11.8 Å². The fraction of sp³-hybridized carbons (Fsp3) is 0.389. The molecule has 0 saturated carbocycles. The second-order valence-electron chi connectivity index (χ2n) is 7.17. The molecule has 2 aliphatic heterocycles. The quantitative estimate of drug-likeness (QED) is 0.646. The predicted molar refractivity (Wildman–Crippen MR) is 98.8 cm³/mol. The minimum absolute atomic E-state index is 0.101. The molecule has 0 aliphatic carbocycles. The largest absolute Gasteiger partial charge is 0.472 e. The number of amides is 2. The molecule has 2 aliphatic rings. The van der Waals surface area contributed by atoms with Crippen molar-refractivity contribution in [3.05, 3.63) is 53.8 Å². The summed E-state index contributed by atoms with van der Waals surface area (Å²) in [6, 6.07) is 1.66. The fourth-order valence-electron chi connectivity index (χ4n) is 4.34. The lowest BCUT2D eigenvalue weighted by molar-refractivity contribution is 0.0400. The lowest BCUT2D eigenvalue weighted by Crippen LogP contribution is -2.55. The Morgan fingerprint density at radius 3 is 2.93 bits per heavy atom. The molecule has 5 heterocycles. The highest BCUT2D eigenvalue weighted by molar-refractivity contribution is 6.99. The molecule has 0 aromatic carbocycles. The molecule has 1 saturated heterocycles. The molecule has 1 atom stereocenters. The van der Waals surface area contributed by atoms with Gasteiger partial charge in [-0.1, -0.05) is 0 Å². The summed E-state index contributed by atoms with van der Waals surface area (Å²) in [7, 11) is 1.96. The predicted octanol–water partition coefficient (Wildman–Crippen LogP) is 1.30. The van der Waals surface area contributed by atoms with Crippen LogP contribution in [0.25, 0.3) is 0 Å². The summed E-state index contributed by atoms with van der Waals surface area (Å²) in [5.41, 5.74) is 2.17. The molecule has 3 aromatic rings. The van der Waals surface area contributed by atoms with Gasteiger partial charge in [-0.3, -0.25) is 9.59 Å². The van der Waals surface area contributed by atoms with E-state index in [1.807, 2.05) is 16.5 Å². The van der Waals surface area contributed by atoms with Crippen LogP contribution in [0.15, 0.2) is 35.5 Å². The number of carbonyl (C=O) groups excluding carboxylic acids is 2. The third-order valence-corrected chi connectivity index (χ3v) is 6.20. The third-order valence-electron chi connectivity index (χ3n) is 5.72. The number of nitrogens with zero attached hydrogens (tertiary/aromatic N) is 6. The maximum atomic E-state index is 13.2. The number of fused-ring (bicyclic) bond motifs is 2. The summed E-state index contributed by atoms with van der Waals surface area (Å²) in [4.78, 5) is 34.3. The standard InChI is InChI=1S/C18H18N6O3S/c1-22-11-19-15-14(22)2-5-24(17(26)13-8-20-28-21-13)18(15)4-6-23(10-18)16(25)12-3-7-27-9-12/h3,7-9,11H,2,4-6,10H2,1H3. The number of rotatable bonds is 2. The Hall–Kier alpha value is -3.01. The summed E-state index contributed by atoms with van der Waals surface area (Å²) in [5, 5.41) is 0. The Kier molecular flexibility index (Phi) is 3.83. The molecule has 1 fully saturated rings. The van der Waals surface area contributed by atoms with Gasteiger partial charge in [0.15, 0.2) is 5.69 Å². The summed E-state index contributed by atoms with van der Waals surface area (Å²) in [6.45, 7) is 1.49. The van der Waals surface area contributed by atoms with Gasteiger partial charge in [0.25, 0.3) is 11.8 Å². The van der Waals surface area contributed by atoms with Gasteiger partial charge in [-0.2, -0.15) is 8.75 Å². The van der Waals surface area contributed by atoms with Crippen LogP contribution < -0.4 is 0 Å². The van der Waals surface area contributed by atoms with Gasteiger partial charge in [0.2, 0.25) is 0 Å². The molecule has 0 N–H and O–H groups in total. The molecule has 2 amide bonds. The van der Waals surface area contributed by atoms with E-state index in [0.29, 0.717) is 43.7 Å². The molecule has 28 heavy (non-hydrogen) atoms. The van der Waals surface area contributed by atoms with Gasteiger partial charge in [0.1, 0.15) is 11.8 Å². The molecule has 1 unspecified atom stereocenters. The van der Waals surface area contributed by atoms with E-state index in [4.69, 9.17) is 4.42 Å². The van der Waals surface area contributed by atoms with Crippen LogP contribution in [0.1, 0.15) is 38.7 Å². The highest BCUT2D eigenvalue weighted by Gasteiger charge is 2.53. The average Bonchev–Trinajstić information content (AvgIpc) is 3.49. The Morgan fingerprint density at radius 2 is 2.18 bits per heavy atom. The van der Waals surface area contributed by atoms with Crippen molar-refractivity contribution in [2.45, 2.75) is 18.4 Å². The van der Waals surface area contributed by atoms with Crippen molar-refractivity contribution >= 4 is 23.5 Å². The van der Waals surface area contributed by atoms with Gasteiger partial charge in [-0.15, -0.1) is 0 Å². The SMILES string of the molecule is Cn1cnc2c1CCN(C(=O)c1cnsn1)C21CCN(C(=O)c2ccoc2)C1. The highest BCUT2D eigenvalue weighted by atomic mass is 32.1. The maximum Gasteiger partial charge on any atom is 0.276 e. The van der Waals surface area contributed by atoms with Gasteiger partial charge in [0, 0.05) is 32.3 Å². The summed E-state index contributed by atoms with van der Waals surface area (Å²) in [6.07, 6.45) is 7.56. The van der Waals surface area contributed by atoms with E-state index in [1.165, 1.54) is 18.7 Å². The van der Waals surface area contributed by atoms with Crippen LogP contribution in [-0.4, -0.2) is 59.5 Å². The zero-order valence-corrected chi connectivity index (χ0v) is 16.1. The number of hydrogen-bond donors (Lipinski definition) is 0. The van der Waals surface area contributed by atoms with Crippen molar-refractivity contribution in [3.8, 4) is 0 Å². The second-order valence-corrected chi connectivity index (χ2v) is 7.73. The number of aryl methyl sites for hydroxylation is 1. The Balaban J connectivity index is 1.55. The first-order chi connectivity index (χ1) is 13.6. The highest BCUT2D eigenvalue weighted by Crippen LogP contribution is 2.43. The Labute approximate surface area is 164 Å². The van der Waals surface area contributed by atoms with Crippen molar-refractivity contribution in [1.82, 2.24) is 28.1 Å². The number of imidazole rings is 1. The summed E-state index contributed by atoms with van der Waals surface area (Å²) in [5.74, 6) is -0.265. The fourth-order valence-corrected chi connectivity index (χ4v) is 4.75. The van der Waals surface area contributed by atoms with Crippen LogP contribution in [0, 0.1) is 0 Å². The van der Waals surface area contributed by atoms with E-state index >= 15 is 0 Å². The van der Waals surface area contributed by atoms with Crippen LogP contribution >= 0.6 is 11.7 Å². The number of likely N-dealkylation sites (tertiary alicyclic amines) is 1. The van der Waals surface area contributed by atoms with E-state index in [0.717, 1.165) is 23.1 Å². The molecule has 9 nitrogen and oxygen atoms in total. The second kappa shape index (κ2) is 6.26. The minimum atomic E-state index is -0.658. The normalized spacial score (nSPS) is 21.3. The topological polar surface area (TPSA) is 97.4 Å². The number of aromatic nitrogens is 4. The lowest BCUT2D eigenvalue weighted by atomic mass is 9.85. The third kappa shape index (κ3) is 2.40. The van der Waals surface area contributed by atoms with E-state index in [1.54, 1.807) is 17.3 Å². The zero-order valence-electron chi connectivity index (χ0n) is 15.2. The van der Waals surface area contributed by atoms with E-state index in [9.17, 15) is 9.59 Å². The van der Waals surface area contributed by atoms with Crippen LogP contribution in [0.4, 0.5) is 0 Å². The van der Waals surface area contributed by atoms with Crippen molar-refractivity contribution in [1.29, 1.82) is 0 Å². The molecule has 10 heteroatoms. The summed E-state index contributed by atoms with van der Waals surface area (Å²) >= 11 is 1.01. The van der Waals surface area contributed by atoms with Gasteiger partial charge in [-0.25, -0.2) is 4.98 Å². The Morgan fingerprint density at radius 1 is 1.29 bits per heavy atom. The average molecular weight is 398 g/mol. The minimum Gasteiger partial charge on any atom is -0.472 e. The van der Waals surface area contributed by atoms with Crippen molar-refractivity contribution in [2.24, 2.45) is 7.05 Å². The van der Waals surface area contributed by atoms with Gasteiger partial charge in [0.05, 0.1) is 48.3 Å². The molecule has 1 spiro atoms. The van der Waals surface area contributed by atoms with Gasteiger partial charge in [-0.05, 0) is 12.5 Å². The molecule has 0 radical (unpaired) electrons. The van der Waals surface area contributed by atoms with Crippen LogP contribution in [0.2, 0.25) is 0 Å². The lowest BCUT2D eigenvalue weighted by Gasteiger charge is -2.43. The number of hydrogen-bond acceptors (Lipinski definition) is 7. The zero-order chi connectivity index (χ0) is 19.3. The maximum absolute atomic E-state index is 13.2. The monoisotopic (exact) mass is 398 g/mol. The molecular formula is C18H18N6O3S. The molecule has 3 aromatic heterocycles.